The van der Waals surface area contributed by atoms with Crippen LogP contribution in [-0.4, -0.2) is 10.1 Å². The number of hydrogen-bond acceptors (Lipinski definition) is 3. The van der Waals surface area contributed by atoms with Gasteiger partial charge in [-0.3, -0.25) is 0 Å². The molecule has 0 bridgehead atoms. The summed E-state index contributed by atoms with van der Waals surface area (Å²) in [7, 11) is 0. The number of aromatic nitrogens is 1. The second-order valence-corrected chi connectivity index (χ2v) is 4.35. The monoisotopic (exact) mass is 223 g/mol. The number of aliphatic hydroxyl groups excluding tert-OH is 1. The summed E-state index contributed by atoms with van der Waals surface area (Å²) in [6.45, 7) is -0.00502. The summed E-state index contributed by atoms with van der Waals surface area (Å²) in [6.07, 6.45) is 2.11. The first kappa shape index (κ1) is 10.3. The van der Waals surface area contributed by atoms with E-state index in [0.29, 0.717) is 12.0 Å². The van der Waals surface area contributed by atoms with E-state index in [1.54, 1.807) is 24.4 Å². The molecular formula is C11H10FNOS. The van der Waals surface area contributed by atoms with Crippen LogP contribution in [0.15, 0.2) is 30.5 Å². The van der Waals surface area contributed by atoms with Crippen molar-refractivity contribution in [1.29, 1.82) is 0 Å². The first-order valence-electron chi connectivity index (χ1n) is 4.57. The van der Waals surface area contributed by atoms with E-state index in [-0.39, 0.29) is 12.4 Å². The summed E-state index contributed by atoms with van der Waals surface area (Å²) in [5.74, 6) is -0.210. The van der Waals surface area contributed by atoms with Gasteiger partial charge in [0.1, 0.15) is 5.82 Å². The summed E-state index contributed by atoms with van der Waals surface area (Å²) in [4.78, 5) is 4.92. The largest absolute Gasteiger partial charge is 0.391 e. The third kappa shape index (κ3) is 2.40. The molecule has 0 aliphatic carbocycles. The fourth-order valence-electron chi connectivity index (χ4n) is 1.31. The van der Waals surface area contributed by atoms with E-state index in [2.05, 4.69) is 4.98 Å². The van der Waals surface area contributed by atoms with Gasteiger partial charge in [-0.15, -0.1) is 11.3 Å². The summed E-state index contributed by atoms with van der Waals surface area (Å²) < 4.78 is 13.3. The quantitative estimate of drug-likeness (QED) is 0.866. The van der Waals surface area contributed by atoms with E-state index in [1.165, 1.54) is 17.4 Å². The minimum absolute atomic E-state index is 0.00502. The summed E-state index contributed by atoms with van der Waals surface area (Å²) in [6, 6.07) is 6.66. The zero-order valence-electron chi connectivity index (χ0n) is 7.98. The van der Waals surface area contributed by atoms with Gasteiger partial charge in [-0.25, -0.2) is 9.37 Å². The first-order chi connectivity index (χ1) is 7.29. The first-order valence-corrected chi connectivity index (χ1v) is 5.39. The van der Waals surface area contributed by atoms with Crippen LogP contribution in [0.3, 0.4) is 0 Å². The summed E-state index contributed by atoms with van der Waals surface area (Å²) >= 11 is 1.41. The Labute approximate surface area is 91.0 Å². The number of hydrogen-bond donors (Lipinski definition) is 1. The molecule has 1 heterocycles. The van der Waals surface area contributed by atoms with Crippen LogP contribution in [0.4, 0.5) is 4.39 Å². The molecule has 2 aromatic rings. The molecule has 0 radical (unpaired) electrons. The Balaban J connectivity index is 2.18. The third-order valence-electron chi connectivity index (χ3n) is 2.06. The van der Waals surface area contributed by atoms with Gasteiger partial charge in [0.15, 0.2) is 0 Å². The molecule has 4 heteroatoms. The van der Waals surface area contributed by atoms with Gasteiger partial charge in [0, 0.05) is 12.6 Å². The second-order valence-electron chi connectivity index (χ2n) is 3.15. The van der Waals surface area contributed by atoms with Crippen molar-refractivity contribution in [3.63, 3.8) is 0 Å². The molecular weight excluding hydrogens is 213 g/mol. The Bertz CT molecular complexity index is 455. The van der Waals surface area contributed by atoms with Crippen molar-refractivity contribution in [2.45, 2.75) is 13.0 Å². The minimum atomic E-state index is -0.210. The third-order valence-corrected chi connectivity index (χ3v) is 3.04. The van der Waals surface area contributed by atoms with Gasteiger partial charge >= 0.3 is 0 Å². The van der Waals surface area contributed by atoms with Crippen molar-refractivity contribution in [2.75, 3.05) is 0 Å². The smallest absolute Gasteiger partial charge is 0.126 e. The topological polar surface area (TPSA) is 33.1 Å². The van der Waals surface area contributed by atoms with Crippen molar-refractivity contribution >= 4 is 11.3 Å². The average molecular weight is 223 g/mol. The number of aliphatic hydroxyl groups is 1. The molecule has 0 aliphatic heterocycles. The van der Waals surface area contributed by atoms with Gasteiger partial charge in [-0.05, 0) is 11.6 Å². The number of benzene rings is 1. The van der Waals surface area contributed by atoms with Crippen LogP contribution in [-0.2, 0) is 13.0 Å². The SMILES string of the molecule is OCc1cnc(Cc2ccccc2F)s1. The Hall–Kier alpha value is -1.26. The fourth-order valence-corrected chi connectivity index (χ4v) is 2.11. The van der Waals surface area contributed by atoms with Crippen LogP contribution in [0, 0.1) is 5.82 Å². The standard InChI is InChI=1S/C11H10FNOS/c12-10-4-2-1-3-8(10)5-11-13-6-9(7-14)15-11/h1-4,6,14H,5,7H2. The average Bonchev–Trinajstić information content (AvgIpc) is 2.69. The number of thiazole rings is 1. The number of halogens is 1. The number of nitrogens with zero attached hydrogens (tertiary/aromatic N) is 1. The van der Waals surface area contributed by atoms with Crippen molar-refractivity contribution in [2.24, 2.45) is 0 Å². The van der Waals surface area contributed by atoms with E-state index < -0.39 is 0 Å². The fraction of sp³-hybridized carbons (Fsp3) is 0.182. The van der Waals surface area contributed by atoms with Gasteiger partial charge in [0.2, 0.25) is 0 Å². The van der Waals surface area contributed by atoms with Crippen LogP contribution < -0.4 is 0 Å². The van der Waals surface area contributed by atoms with Gasteiger partial charge in [0.25, 0.3) is 0 Å². The molecule has 2 nitrogen and oxygen atoms in total. The van der Waals surface area contributed by atoms with Gasteiger partial charge < -0.3 is 5.11 Å². The highest BCUT2D eigenvalue weighted by Crippen LogP contribution is 2.18. The maximum absolute atomic E-state index is 13.3. The van der Waals surface area contributed by atoms with Crippen molar-refractivity contribution < 1.29 is 9.50 Å². The van der Waals surface area contributed by atoms with E-state index in [4.69, 9.17) is 5.11 Å². The summed E-state index contributed by atoms with van der Waals surface area (Å²) in [5.41, 5.74) is 0.635. The molecule has 0 unspecified atom stereocenters. The predicted octanol–water partition coefficient (Wildman–Crippen LogP) is 2.37. The predicted molar refractivity (Wildman–Crippen MR) is 57.2 cm³/mol. The highest BCUT2D eigenvalue weighted by atomic mass is 32.1. The maximum atomic E-state index is 13.3. The lowest BCUT2D eigenvalue weighted by Crippen LogP contribution is -1.90. The molecule has 1 aromatic heterocycles. The molecule has 2 rings (SSSR count). The van der Waals surface area contributed by atoms with Gasteiger partial charge in [-0.1, -0.05) is 18.2 Å². The summed E-state index contributed by atoms with van der Waals surface area (Å²) in [5, 5.41) is 9.69. The van der Waals surface area contributed by atoms with Crippen molar-refractivity contribution in [3.05, 3.63) is 51.7 Å². The minimum Gasteiger partial charge on any atom is -0.391 e. The van der Waals surface area contributed by atoms with E-state index in [1.807, 2.05) is 0 Å². The molecule has 0 aliphatic rings. The van der Waals surface area contributed by atoms with Crippen LogP contribution in [0.1, 0.15) is 15.4 Å². The Kier molecular flexibility index (Phi) is 3.08. The lowest BCUT2D eigenvalue weighted by molar-refractivity contribution is 0.285. The molecule has 15 heavy (non-hydrogen) atoms. The van der Waals surface area contributed by atoms with Crippen LogP contribution in [0.2, 0.25) is 0 Å². The van der Waals surface area contributed by atoms with Crippen molar-refractivity contribution in [1.82, 2.24) is 4.98 Å². The van der Waals surface area contributed by atoms with Crippen LogP contribution >= 0.6 is 11.3 Å². The van der Waals surface area contributed by atoms with E-state index >= 15 is 0 Å². The Morgan fingerprint density at radius 2 is 2.13 bits per heavy atom. The Morgan fingerprint density at radius 3 is 2.80 bits per heavy atom. The Morgan fingerprint density at radius 1 is 1.33 bits per heavy atom. The van der Waals surface area contributed by atoms with Gasteiger partial charge in [0.05, 0.1) is 16.5 Å². The molecule has 0 saturated heterocycles. The normalized spacial score (nSPS) is 10.5. The molecule has 0 spiro atoms. The molecule has 1 N–H and O–H groups in total. The maximum Gasteiger partial charge on any atom is 0.126 e. The molecule has 0 saturated carbocycles. The van der Waals surface area contributed by atoms with Gasteiger partial charge in [-0.2, -0.15) is 0 Å². The highest BCUT2D eigenvalue weighted by molar-refractivity contribution is 7.11. The highest BCUT2D eigenvalue weighted by Gasteiger charge is 2.05. The lowest BCUT2D eigenvalue weighted by Gasteiger charge is -1.98. The molecule has 0 fully saturated rings. The van der Waals surface area contributed by atoms with Crippen LogP contribution in [0.5, 0.6) is 0 Å². The van der Waals surface area contributed by atoms with E-state index in [9.17, 15) is 4.39 Å². The zero-order valence-corrected chi connectivity index (χ0v) is 8.80. The van der Waals surface area contributed by atoms with Crippen LogP contribution in [0.25, 0.3) is 0 Å². The van der Waals surface area contributed by atoms with Crippen molar-refractivity contribution in [3.8, 4) is 0 Å². The molecule has 1 aromatic carbocycles. The second kappa shape index (κ2) is 4.51. The molecule has 0 atom stereocenters. The number of rotatable bonds is 3. The zero-order chi connectivity index (χ0) is 10.7. The molecule has 78 valence electrons. The van der Waals surface area contributed by atoms with E-state index in [0.717, 1.165) is 9.88 Å². The molecule has 0 amide bonds. The lowest BCUT2D eigenvalue weighted by atomic mass is 10.1.